The minimum absolute atomic E-state index is 0.0800. The third-order valence-corrected chi connectivity index (χ3v) is 7.83. The number of nitrogens with zero attached hydrogens (tertiary/aromatic N) is 4. The Labute approximate surface area is 216 Å². The third kappa shape index (κ3) is 4.22. The van der Waals surface area contributed by atoms with Gasteiger partial charge in [0.1, 0.15) is 12.4 Å². The molecule has 0 unspecified atom stereocenters. The second kappa shape index (κ2) is 9.22. The number of nitrogens with one attached hydrogen (secondary N) is 1. The van der Waals surface area contributed by atoms with E-state index in [1.54, 1.807) is 4.57 Å². The van der Waals surface area contributed by atoms with E-state index in [0.717, 1.165) is 35.2 Å². The summed E-state index contributed by atoms with van der Waals surface area (Å²) in [6.45, 7) is 3.35. The zero-order chi connectivity index (χ0) is 24.8. The molecule has 2 atom stereocenters. The van der Waals surface area contributed by atoms with Crippen LogP contribution in [-0.2, 0) is 11.3 Å². The highest BCUT2D eigenvalue weighted by molar-refractivity contribution is 7.03. The van der Waals surface area contributed by atoms with Gasteiger partial charge >= 0.3 is 6.09 Å². The Morgan fingerprint density at radius 3 is 2.83 bits per heavy atom. The van der Waals surface area contributed by atoms with Crippen LogP contribution in [0.3, 0.4) is 0 Å². The molecule has 2 saturated heterocycles. The van der Waals surface area contributed by atoms with Crippen LogP contribution in [0.5, 0.6) is 0 Å². The summed E-state index contributed by atoms with van der Waals surface area (Å²) in [6.07, 6.45) is 3.20. The van der Waals surface area contributed by atoms with Crippen LogP contribution in [0.4, 0.5) is 10.5 Å². The molecule has 2 aliphatic heterocycles. The van der Waals surface area contributed by atoms with Crippen LogP contribution in [0.2, 0.25) is 5.02 Å². The van der Waals surface area contributed by atoms with Gasteiger partial charge in [-0.05, 0) is 61.1 Å². The van der Waals surface area contributed by atoms with E-state index >= 15 is 0 Å². The number of piperidine rings is 1. The number of benzene rings is 2. The molecule has 2 aromatic heterocycles. The molecule has 0 spiro atoms. The summed E-state index contributed by atoms with van der Waals surface area (Å²) in [5, 5.41) is 6.87. The SMILES string of the molecule is Cc1nc2cc(-c3cnsc3)c(N[C@H]3CCN4C(=O)OC[C@@H]4C3)cc2c(=O)n1Cc1ccc(Cl)cc1. The van der Waals surface area contributed by atoms with Gasteiger partial charge in [-0.3, -0.25) is 9.36 Å². The smallest absolute Gasteiger partial charge is 0.410 e. The van der Waals surface area contributed by atoms with Gasteiger partial charge < -0.3 is 15.0 Å². The molecule has 0 bridgehead atoms. The highest BCUT2D eigenvalue weighted by Crippen LogP contribution is 2.34. The van der Waals surface area contributed by atoms with E-state index in [1.807, 2.05) is 59.8 Å². The molecule has 1 amide bonds. The fraction of sp³-hybridized carbons (Fsp3) is 0.308. The Morgan fingerprint density at radius 1 is 1.22 bits per heavy atom. The molecule has 0 saturated carbocycles. The van der Waals surface area contributed by atoms with Crippen molar-refractivity contribution in [3.63, 3.8) is 0 Å². The molecule has 4 heterocycles. The topological polar surface area (TPSA) is 89.4 Å². The van der Waals surface area contributed by atoms with Crippen LogP contribution in [-0.4, -0.2) is 50.2 Å². The van der Waals surface area contributed by atoms with Crippen molar-refractivity contribution in [3.8, 4) is 11.1 Å². The maximum absolute atomic E-state index is 13.6. The summed E-state index contributed by atoms with van der Waals surface area (Å²) in [5.41, 5.74) is 4.35. The number of hydrogen-bond donors (Lipinski definition) is 1. The molecule has 36 heavy (non-hydrogen) atoms. The second-order valence-electron chi connectivity index (χ2n) is 9.29. The first kappa shape index (κ1) is 23.0. The molecule has 4 aromatic rings. The zero-order valence-corrected chi connectivity index (χ0v) is 21.2. The quantitative estimate of drug-likeness (QED) is 0.401. The Kier molecular flexibility index (Phi) is 5.89. The van der Waals surface area contributed by atoms with Gasteiger partial charge in [0.15, 0.2) is 0 Å². The number of amides is 1. The van der Waals surface area contributed by atoms with Crippen molar-refractivity contribution in [1.82, 2.24) is 18.8 Å². The van der Waals surface area contributed by atoms with Crippen LogP contribution in [0.25, 0.3) is 22.0 Å². The summed E-state index contributed by atoms with van der Waals surface area (Å²) in [4.78, 5) is 32.1. The van der Waals surface area contributed by atoms with Gasteiger partial charge in [0.25, 0.3) is 5.56 Å². The van der Waals surface area contributed by atoms with Crippen molar-refractivity contribution in [1.29, 1.82) is 0 Å². The lowest BCUT2D eigenvalue weighted by molar-refractivity contribution is 0.153. The number of anilines is 1. The monoisotopic (exact) mass is 521 g/mol. The van der Waals surface area contributed by atoms with Gasteiger partial charge in [0, 0.05) is 46.0 Å². The van der Waals surface area contributed by atoms with Crippen LogP contribution < -0.4 is 10.9 Å². The van der Waals surface area contributed by atoms with Crippen molar-refractivity contribution in [2.45, 2.75) is 38.4 Å². The van der Waals surface area contributed by atoms with Crippen LogP contribution >= 0.6 is 23.1 Å². The van der Waals surface area contributed by atoms with Crippen molar-refractivity contribution >= 4 is 45.8 Å². The van der Waals surface area contributed by atoms with E-state index in [0.29, 0.717) is 41.4 Å². The number of aromatic nitrogens is 3. The minimum Gasteiger partial charge on any atom is -0.447 e. The number of halogens is 1. The second-order valence-corrected chi connectivity index (χ2v) is 10.4. The number of carbonyl (C=O) groups excluding carboxylic acids is 1. The van der Waals surface area contributed by atoms with Gasteiger partial charge in [-0.1, -0.05) is 23.7 Å². The van der Waals surface area contributed by atoms with Crippen molar-refractivity contribution in [2.75, 3.05) is 18.5 Å². The van der Waals surface area contributed by atoms with Gasteiger partial charge in [-0.2, -0.15) is 0 Å². The molecule has 184 valence electrons. The first-order valence-corrected chi connectivity index (χ1v) is 13.1. The summed E-state index contributed by atoms with van der Waals surface area (Å²) in [7, 11) is 0. The molecule has 2 aliphatic rings. The lowest BCUT2D eigenvalue weighted by Crippen LogP contribution is -2.45. The molecule has 0 aliphatic carbocycles. The number of hydrogen-bond acceptors (Lipinski definition) is 7. The number of cyclic esters (lactones) is 1. The van der Waals surface area contributed by atoms with E-state index < -0.39 is 0 Å². The third-order valence-electron chi connectivity index (χ3n) is 6.99. The summed E-state index contributed by atoms with van der Waals surface area (Å²) in [5.74, 6) is 0.649. The predicted molar refractivity (Wildman–Crippen MR) is 141 cm³/mol. The lowest BCUT2D eigenvalue weighted by Gasteiger charge is -2.33. The summed E-state index contributed by atoms with van der Waals surface area (Å²) in [6, 6.07) is 11.6. The molecule has 1 N–H and O–H groups in total. The van der Waals surface area contributed by atoms with E-state index in [2.05, 4.69) is 9.69 Å². The van der Waals surface area contributed by atoms with E-state index in [4.69, 9.17) is 21.3 Å². The maximum atomic E-state index is 13.6. The van der Waals surface area contributed by atoms with Crippen molar-refractivity contribution in [3.05, 3.63) is 74.7 Å². The van der Waals surface area contributed by atoms with Crippen LogP contribution in [0.1, 0.15) is 24.2 Å². The Bertz CT molecular complexity index is 1500. The van der Waals surface area contributed by atoms with E-state index in [9.17, 15) is 9.59 Å². The van der Waals surface area contributed by atoms with Gasteiger partial charge in [0.2, 0.25) is 0 Å². The Morgan fingerprint density at radius 2 is 2.06 bits per heavy atom. The molecule has 6 rings (SSSR count). The number of carbonyl (C=O) groups is 1. The standard InChI is InChI=1S/C26H24ClN5O3S/c1-15-29-24-9-21(17-11-28-36-14-17)23(30-19-6-7-31-20(8-19)13-35-26(31)34)10-22(24)25(33)32(15)12-16-2-4-18(27)5-3-16/h2-5,9-11,14,19-20,30H,6-8,12-13H2,1H3/t19-,20-/m0/s1. The number of aryl methyl sites for hydroxylation is 1. The normalized spacial score (nSPS) is 19.4. The molecule has 8 nitrogen and oxygen atoms in total. The summed E-state index contributed by atoms with van der Waals surface area (Å²) < 4.78 is 11.2. The predicted octanol–water partition coefficient (Wildman–Crippen LogP) is 4.93. The van der Waals surface area contributed by atoms with Gasteiger partial charge in [-0.15, -0.1) is 0 Å². The van der Waals surface area contributed by atoms with E-state index in [1.165, 1.54) is 11.5 Å². The summed E-state index contributed by atoms with van der Waals surface area (Å²) >= 11 is 7.41. The highest BCUT2D eigenvalue weighted by Gasteiger charge is 2.38. The minimum atomic E-state index is -0.225. The van der Waals surface area contributed by atoms with Crippen LogP contribution in [0, 0.1) is 6.92 Å². The molecular weight excluding hydrogens is 498 g/mol. The molecule has 2 aromatic carbocycles. The average molecular weight is 522 g/mol. The number of fused-ring (bicyclic) bond motifs is 2. The highest BCUT2D eigenvalue weighted by atomic mass is 35.5. The maximum Gasteiger partial charge on any atom is 0.410 e. The van der Waals surface area contributed by atoms with Gasteiger partial charge in [-0.25, -0.2) is 14.2 Å². The first-order valence-electron chi connectivity index (χ1n) is 11.9. The number of ether oxygens (including phenoxy) is 1. The number of rotatable bonds is 5. The fourth-order valence-corrected chi connectivity index (χ4v) is 5.75. The van der Waals surface area contributed by atoms with Crippen molar-refractivity contribution < 1.29 is 9.53 Å². The first-order chi connectivity index (χ1) is 17.5. The molecule has 2 fully saturated rings. The van der Waals surface area contributed by atoms with Crippen molar-refractivity contribution in [2.24, 2.45) is 0 Å². The van der Waals surface area contributed by atoms with Crippen LogP contribution in [0.15, 0.2) is 52.8 Å². The zero-order valence-electron chi connectivity index (χ0n) is 19.6. The molecule has 0 radical (unpaired) electrons. The lowest BCUT2D eigenvalue weighted by atomic mass is 9.97. The molecule has 10 heteroatoms. The van der Waals surface area contributed by atoms with Gasteiger partial charge in [0.05, 0.1) is 23.5 Å². The molecular formula is C26H24ClN5O3S. The van der Waals surface area contributed by atoms with E-state index in [-0.39, 0.29) is 23.7 Å². The Balaban J connectivity index is 1.39. The average Bonchev–Trinajstić information content (AvgIpc) is 3.53. The fourth-order valence-electron chi connectivity index (χ4n) is 5.08. The largest absolute Gasteiger partial charge is 0.447 e. The Hall–Kier alpha value is -3.43.